The van der Waals surface area contributed by atoms with E-state index in [1.54, 1.807) is 48.7 Å². The molecule has 2 saturated heterocycles. The molecular formula is C30H44N2O9. The zero-order chi connectivity index (χ0) is 30.8. The van der Waals surface area contributed by atoms with E-state index in [1.807, 2.05) is 24.3 Å². The SMILES string of the molecule is COC(=O)[C@H]1[C@H]([C@]2(C(=O)OC)[C@H](Cc3cccc(OC)c3)CCN2C(=O)OC(C)(C)C)CCN1C(=O)OC(C)(C)C. The third-order valence-electron chi connectivity index (χ3n) is 7.55. The summed E-state index contributed by atoms with van der Waals surface area (Å²) in [6.45, 7) is 10.7. The summed E-state index contributed by atoms with van der Waals surface area (Å²) in [6.07, 6.45) is -0.371. The van der Waals surface area contributed by atoms with E-state index in [0.29, 0.717) is 18.6 Å². The Morgan fingerprint density at radius 2 is 1.51 bits per heavy atom. The number of hydrogen-bond donors (Lipinski definition) is 0. The van der Waals surface area contributed by atoms with Crippen molar-refractivity contribution in [3.63, 3.8) is 0 Å². The number of amides is 2. The van der Waals surface area contributed by atoms with Gasteiger partial charge < -0.3 is 23.7 Å². The van der Waals surface area contributed by atoms with Gasteiger partial charge in [-0.15, -0.1) is 0 Å². The van der Waals surface area contributed by atoms with Crippen molar-refractivity contribution in [3.8, 4) is 5.75 Å². The second-order valence-corrected chi connectivity index (χ2v) is 12.5. The Labute approximate surface area is 242 Å². The molecule has 0 radical (unpaired) electrons. The number of methoxy groups -OCH3 is 3. The van der Waals surface area contributed by atoms with Crippen molar-refractivity contribution >= 4 is 24.1 Å². The smallest absolute Gasteiger partial charge is 0.411 e. The molecule has 2 fully saturated rings. The molecule has 2 heterocycles. The molecule has 11 nitrogen and oxygen atoms in total. The van der Waals surface area contributed by atoms with Gasteiger partial charge in [0.15, 0.2) is 5.54 Å². The van der Waals surface area contributed by atoms with Crippen molar-refractivity contribution in [1.29, 1.82) is 0 Å². The number of nitrogens with zero attached hydrogens (tertiary/aromatic N) is 2. The van der Waals surface area contributed by atoms with Crippen LogP contribution in [0.3, 0.4) is 0 Å². The fourth-order valence-electron chi connectivity index (χ4n) is 6.10. The molecule has 0 N–H and O–H groups in total. The summed E-state index contributed by atoms with van der Waals surface area (Å²) in [5, 5.41) is 0. The number of ether oxygens (including phenoxy) is 5. The van der Waals surface area contributed by atoms with Crippen LogP contribution in [-0.2, 0) is 35.0 Å². The van der Waals surface area contributed by atoms with Gasteiger partial charge in [-0.25, -0.2) is 19.2 Å². The Balaban J connectivity index is 2.20. The second kappa shape index (κ2) is 12.2. The number of carbonyl (C=O) groups is 4. The van der Waals surface area contributed by atoms with Crippen LogP contribution in [0.5, 0.6) is 5.75 Å². The number of likely N-dealkylation sites (tertiary alicyclic amines) is 2. The van der Waals surface area contributed by atoms with Gasteiger partial charge in [0.2, 0.25) is 0 Å². The van der Waals surface area contributed by atoms with Crippen molar-refractivity contribution < 1.29 is 42.9 Å². The van der Waals surface area contributed by atoms with E-state index in [1.165, 1.54) is 24.0 Å². The number of hydrogen-bond acceptors (Lipinski definition) is 9. The molecule has 0 aliphatic carbocycles. The quantitative estimate of drug-likeness (QED) is 0.362. The van der Waals surface area contributed by atoms with Crippen LogP contribution >= 0.6 is 0 Å². The van der Waals surface area contributed by atoms with E-state index in [4.69, 9.17) is 23.7 Å². The zero-order valence-corrected chi connectivity index (χ0v) is 25.6. The average Bonchev–Trinajstić information content (AvgIpc) is 3.48. The Kier molecular flexibility index (Phi) is 9.50. The lowest BCUT2D eigenvalue weighted by Crippen LogP contribution is -2.66. The van der Waals surface area contributed by atoms with Crippen LogP contribution in [0.15, 0.2) is 24.3 Å². The minimum atomic E-state index is -1.64. The highest BCUT2D eigenvalue weighted by molar-refractivity contribution is 5.91. The van der Waals surface area contributed by atoms with E-state index in [9.17, 15) is 19.2 Å². The first kappa shape index (κ1) is 32.0. The lowest BCUT2D eigenvalue weighted by atomic mass is 9.69. The number of carbonyl (C=O) groups excluding carboxylic acids is 4. The third kappa shape index (κ3) is 6.70. The largest absolute Gasteiger partial charge is 0.497 e. The first-order valence-corrected chi connectivity index (χ1v) is 13.9. The maximum absolute atomic E-state index is 14.1. The maximum Gasteiger partial charge on any atom is 0.411 e. The second-order valence-electron chi connectivity index (χ2n) is 12.5. The van der Waals surface area contributed by atoms with Gasteiger partial charge in [-0.3, -0.25) is 9.80 Å². The zero-order valence-electron chi connectivity index (χ0n) is 25.6. The minimum absolute atomic E-state index is 0.117. The monoisotopic (exact) mass is 576 g/mol. The predicted octanol–water partition coefficient (Wildman–Crippen LogP) is 4.21. The van der Waals surface area contributed by atoms with Crippen LogP contribution in [-0.4, -0.2) is 91.1 Å². The summed E-state index contributed by atoms with van der Waals surface area (Å²) in [5.74, 6) is -2.08. The van der Waals surface area contributed by atoms with Gasteiger partial charge >= 0.3 is 24.1 Å². The molecule has 1 aromatic carbocycles. The van der Waals surface area contributed by atoms with Crippen LogP contribution in [0.25, 0.3) is 0 Å². The van der Waals surface area contributed by atoms with Crippen molar-refractivity contribution in [2.24, 2.45) is 11.8 Å². The topological polar surface area (TPSA) is 121 Å². The summed E-state index contributed by atoms with van der Waals surface area (Å²) in [5.41, 5.74) is -2.43. The molecule has 0 bridgehead atoms. The predicted molar refractivity (Wildman–Crippen MR) is 149 cm³/mol. The van der Waals surface area contributed by atoms with Crippen molar-refractivity contribution in [1.82, 2.24) is 9.80 Å². The molecular weight excluding hydrogens is 532 g/mol. The van der Waals surface area contributed by atoms with Gasteiger partial charge in [-0.2, -0.15) is 0 Å². The summed E-state index contributed by atoms with van der Waals surface area (Å²) < 4.78 is 27.4. The fraction of sp³-hybridized carbons (Fsp3) is 0.667. The Morgan fingerprint density at radius 3 is 2.07 bits per heavy atom. The molecule has 228 valence electrons. The molecule has 41 heavy (non-hydrogen) atoms. The molecule has 2 aliphatic rings. The van der Waals surface area contributed by atoms with E-state index in [2.05, 4.69) is 0 Å². The Hall–Kier alpha value is -3.50. The summed E-state index contributed by atoms with van der Waals surface area (Å²) >= 11 is 0. The molecule has 1 aromatic rings. The van der Waals surface area contributed by atoms with E-state index >= 15 is 0 Å². The Morgan fingerprint density at radius 1 is 0.878 bits per heavy atom. The molecule has 0 saturated carbocycles. The Bertz CT molecular complexity index is 1140. The van der Waals surface area contributed by atoms with E-state index in [0.717, 1.165) is 5.56 Å². The highest BCUT2D eigenvalue weighted by atomic mass is 16.6. The third-order valence-corrected chi connectivity index (χ3v) is 7.55. The molecule has 4 atom stereocenters. The first-order chi connectivity index (χ1) is 19.1. The molecule has 0 aromatic heterocycles. The summed E-state index contributed by atoms with van der Waals surface area (Å²) in [6, 6.07) is 6.26. The van der Waals surface area contributed by atoms with Crippen LogP contribution in [0.1, 0.15) is 59.9 Å². The van der Waals surface area contributed by atoms with E-state index in [-0.39, 0.29) is 19.5 Å². The van der Waals surface area contributed by atoms with Crippen LogP contribution in [0.2, 0.25) is 0 Å². The lowest BCUT2D eigenvalue weighted by molar-refractivity contribution is -0.164. The van der Waals surface area contributed by atoms with Gasteiger partial charge in [0.05, 0.1) is 21.3 Å². The molecule has 2 aliphatic heterocycles. The van der Waals surface area contributed by atoms with Gasteiger partial charge in [-0.05, 0) is 84.4 Å². The van der Waals surface area contributed by atoms with Gasteiger partial charge in [-0.1, -0.05) is 12.1 Å². The van der Waals surface area contributed by atoms with Crippen molar-refractivity contribution in [2.75, 3.05) is 34.4 Å². The number of esters is 2. The van der Waals surface area contributed by atoms with Crippen LogP contribution < -0.4 is 4.74 Å². The van der Waals surface area contributed by atoms with Crippen LogP contribution in [0.4, 0.5) is 9.59 Å². The normalized spacial score (nSPS) is 24.6. The maximum atomic E-state index is 14.1. The fourth-order valence-corrected chi connectivity index (χ4v) is 6.10. The molecule has 3 rings (SSSR count). The minimum Gasteiger partial charge on any atom is -0.497 e. The highest BCUT2D eigenvalue weighted by Gasteiger charge is 2.67. The summed E-state index contributed by atoms with van der Waals surface area (Å²) in [4.78, 5) is 57.2. The molecule has 0 spiro atoms. The average molecular weight is 577 g/mol. The van der Waals surface area contributed by atoms with Crippen molar-refractivity contribution in [2.45, 2.75) is 83.6 Å². The van der Waals surface area contributed by atoms with Crippen LogP contribution in [0, 0.1) is 11.8 Å². The molecule has 2 amide bonds. The first-order valence-electron chi connectivity index (χ1n) is 13.9. The number of benzene rings is 1. The van der Waals surface area contributed by atoms with Gasteiger partial charge in [0.1, 0.15) is 23.0 Å². The molecule has 11 heteroatoms. The standard InChI is InChI=1S/C30H44N2O9/c1-28(2,3)40-26(35)31-15-14-22(23(31)24(33)38-8)30(25(34)39-9)20(17-19-11-10-12-21(18-19)37-7)13-16-32(30)27(36)41-29(4,5)6/h10-12,18,20,22-23H,13-17H2,1-9H3/t20-,22+,23+,30-/m0/s1. The highest BCUT2D eigenvalue weighted by Crippen LogP contribution is 2.50. The number of rotatable bonds is 6. The lowest BCUT2D eigenvalue weighted by Gasteiger charge is -2.45. The van der Waals surface area contributed by atoms with E-state index < -0.39 is 58.7 Å². The molecule has 0 unspecified atom stereocenters. The van der Waals surface area contributed by atoms with Crippen molar-refractivity contribution in [3.05, 3.63) is 29.8 Å². The summed E-state index contributed by atoms with van der Waals surface area (Å²) in [7, 11) is 4.05. The van der Waals surface area contributed by atoms with Gasteiger partial charge in [0.25, 0.3) is 0 Å². The van der Waals surface area contributed by atoms with Gasteiger partial charge in [0, 0.05) is 19.0 Å².